The van der Waals surface area contributed by atoms with Crippen molar-refractivity contribution in [2.75, 3.05) is 16.8 Å². The van der Waals surface area contributed by atoms with Gasteiger partial charge in [0.15, 0.2) is 0 Å². The molecule has 0 bridgehead atoms. The summed E-state index contributed by atoms with van der Waals surface area (Å²) in [7, 11) is -3.90. The Balaban J connectivity index is 1.77. The molecule has 1 aliphatic rings. The van der Waals surface area contributed by atoms with E-state index < -0.39 is 15.9 Å². The minimum Gasteiger partial charge on any atom is -0.326 e. The fourth-order valence-corrected chi connectivity index (χ4v) is 4.59. The smallest absolute Gasteiger partial charge is 0.238 e. The van der Waals surface area contributed by atoms with Crippen molar-refractivity contribution >= 4 is 49.1 Å². The molecule has 3 rings (SSSR count). The van der Waals surface area contributed by atoms with E-state index in [1.54, 1.807) is 17.0 Å². The zero-order valence-electron chi connectivity index (χ0n) is 15.2. The second kappa shape index (κ2) is 8.02. The lowest BCUT2D eigenvalue weighted by atomic mass is 10.1. The normalized spacial score (nSPS) is 17.0. The number of sulfonamides is 1. The SMILES string of the molecule is CCc1ccc(NC(=O)C2CC(=O)N(c3ccccc3Br)C2)cc1S(N)(=O)=O. The third kappa shape index (κ3) is 4.26. The summed E-state index contributed by atoms with van der Waals surface area (Å²) in [4.78, 5) is 26.6. The Morgan fingerprint density at radius 2 is 2.00 bits per heavy atom. The second-order valence-corrected chi connectivity index (χ2v) is 8.95. The monoisotopic (exact) mass is 465 g/mol. The Labute approximate surface area is 172 Å². The lowest BCUT2D eigenvalue weighted by molar-refractivity contribution is -0.122. The molecule has 1 heterocycles. The fourth-order valence-electron chi connectivity index (χ4n) is 3.22. The minimum absolute atomic E-state index is 0.00913. The molecule has 1 atom stereocenters. The molecule has 0 aromatic heterocycles. The lowest BCUT2D eigenvalue weighted by Gasteiger charge is -2.18. The molecule has 0 spiro atoms. The highest BCUT2D eigenvalue weighted by Gasteiger charge is 2.35. The van der Waals surface area contributed by atoms with E-state index in [2.05, 4.69) is 21.2 Å². The Morgan fingerprint density at radius 1 is 1.29 bits per heavy atom. The number of nitrogens with zero attached hydrogens (tertiary/aromatic N) is 1. The third-order valence-corrected chi connectivity index (χ3v) is 6.32. The van der Waals surface area contributed by atoms with Crippen LogP contribution >= 0.6 is 15.9 Å². The summed E-state index contributed by atoms with van der Waals surface area (Å²) < 4.78 is 24.4. The molecule has 0 saturated carbocycles. The van der Waals surface area contributed by atoms with Crippen LogP contribution in [0.3, 0.4) is 0 Å². The van der Waals surface area contributed by atoms with Crippen LogP contribution in [0.5, 0.6) is 0 Å². The van der Waals surface area contributed by atoms with Crippen LogP contribution < -0.4 is 15.4 Å². The standard InChI is InChI=1S/C19H20BrN3O4S/c1-2-12-7-8-14(10-17(12)28(21,26)27)22-19(25)13-9-18(24)23(11-13)16-6-4-3-5-15(16)20/h3-8,10,13H,2,9,11H2,1H3,(H,22,25)(H2,21,26,27). The van der Waals surface area contributed by atoms with Gasteiger partial charge in [0.05, 0.1) is 16.5 Å². The highest BCUT2D eigenvalue weighted by Crippen LogP contribution is 2.32. The Hall–Kier alpha value is -2.23. The largest absolute Gasteiger partial charge is 0.326 e. The molecule has 0 aliphatic carbocycles. The quantitative estimate of drug-likeness (QED) is 0.706. The van der Waals surface area contributed by atoms with Crippen LogP contribution in [0, 0.1) is 5.92 Å². The first-order valence-corrected chi connectivity index (χ1v) is 11.1. The van der Waals surface area contributed by atoms with Gasteiger partial charge >= 0.3 is 0 Å². The number of amides is 2. The number of anilines is 2. The van der Waals surface area contributed by atoms with E-state index in [1.807, 2.05) is 31.2 Å². The molecule has 28 heavy (non-hydrogen) atoms. The Kier molecular flexibility index (Phi) is 5.87. The van der Waals surface area contributed by atoms with Crippen LogP contribution in [0.25, 0.3) is 0 Å². The average molecular weight is 466 g/mol. The maximum Gasteiger partial charge on any atom is 0.238 e. The Bertz CT molecular complexity index is 1040. The first-order valence-electron chi connectivity index (χ1n) is 8.72. The summed E-state index contributed by atoms with van der Waals surface area (Å²) >= 11 is 3.42. The molecule has 7 nitrogen and oxygen atoms in total. The van der Waals surface area contributed by atoms with Gasteiger partial charge in [0.2, 0.25) is 21.8 Å². The highest BCUT2D eigenvalue weighted by atomic mass is 79.9. The Morgan fingerprint density at radius 3 is 2.64 bits per heavy atom. The van der Waals surface area contributed by atoms with Gasteiger partial charge in [0.25, 0.3) is 0 Å². The maximum absolute atomic E-state index is 12.7. The number of halogens is 1. The summed E-state index contributed by atoms with van der Waals surface area (Å²) in [5.74, 6) is -1.02. The number of primary sulfonamides is 1. The molecule has 2 aromatic carbocycles. The van der Waals surface area contributed by atoms with Gasteiger partial charge in [-0.25, -0.2) is 13.6 Å². The molecular formula is C19H20BrN3O4S. The van der Waals surface area contributed by atoms with Crippen LogP contribution in [-0.4, -0.2) is 26.8 Å². The summed E-state index contributed by atoms with van der Waals surface area (Å²) in [5, 5.41) is 7.98. The molecule has 2 amide bonds. The van der Waals surface area contributed by atoms with Gasteiger partial charge in [0.1, 0.15) is 0 Å². The van der Waals surface area contributed by atoms with E-state index in [4.69, 9.17) is 5.14 Å². The summed E-state index contributed by atoms with van der Waals surface area (Å²) in [6.07, 6.45) is 0.584. The fraction of sp³-hybridized carbons (Fsp3) is 0.263. The van der Waals surface area contributed by atoms with E-state index in [0.717, 1.165) is 4.47 Å². The third-order valence-electron chi connectivity index (χ3n) is 4.66. The first-order chi connectivity index (χ1) is 13.2. The van der Waals surface area contributed by atoms with Crippen molar-refractivity contribution in [2.24, 2.45) is 11.1 Å². The number of rotatable bonds is 5. The zero-order valence-corrected chi connectivity index (χ0v) is 17.6. The van der Waals surface area contributed by atoms with Gasteiger partial charge in [-0.2, -0.15) is 0 Å². The van der Waals surface area contributed by atoms with Gasteiger partial charge in [-0.05, 0) is 52.2 Å². The summed E-state index contributed by atoms with van der Waals surface area (Å²) in [6, 6.07) is 11.9. The van der Waals surface area contributed by atoms with Crippen LogP contribution in [-0.2, 0) is 26.0 Å². The topological polar surface area (TPSA) is 110 Å². The average Bonchev–Trinajstić information content (AvgIpc) is 3.03. The van der Waals surface area contributed by atoms with Gasteiger partial charge in [0, 0.05) is 23.1 Å². The van der Waals surface area contributed by atoms with Crippen molar-refractivity contribution in [3.63, 3.8) is 0 Å². The molecule has 148 valence electrons. The van der Waals surface area contributed by atoms with Gasteiger partial charge in [-0.15, -0.1) is 0 Å². The first kappa shape index (κ1) is 20.5. The summed E-state index contributed by atoms with van der Waals surface area (Å²) in [6.45, 7) is 2.07. The number of hydrogen-bond donors (Lipinski definition) is 2. The van der Waals surface area contributed by atoms with E-state index in [1.165, 1.54) is 6.07 Å². The van der Waals surface area contributed by atoms with Crippen LogP contribution in [0.15, 0.2) is 51.8 Å². The number of benzene rings is 2. The number of nitrogens with two attached hydrogens (primary N) is 1. The molecule has 9 heteroatoms. The van der Waals surface area contributed by atoms with Crippen molar-refractivity contribution in [1.29, 1.82) is 0 Å². The minimum atomic E-state index is -3.90. The van der Waals surface area contributed by atoms with Crippen LogP contribution in [0.2, 0.25) is 0 Å². The van der Waals surface area contributed by atoms with Crippen LogP contribution in [0.4, 0.5) is 11.4 Å². The highest BCUT2D eigenvalue weighted by molar-refractivity contribution is 9.10. The number of nitrogens with one attached hydrogen (secondary N) is 1. The molecular weight excluding hydrogens is 446 g/mol. The molecule has 1 unspecified atom stereocenters. The van der Waals surface area contributed by atoms with E-state index >= 15 is 0 Å². The number of aryl methyl sites for hydroxylation is 1. The second-order valence-electron chi connectivity index (χ2n) is 6.57. The zero-order chi connectivity index (χ0) is 20.5. The van der Waals surface area contributed by atoms with E-state index in [0.29, 0.717) is 23.4 Å². The maximum atomic E-state index is 12.7. The van der Waals surface area contributed by atoms with E-state index in [9.17, 15) is 18.0 Å². The van der Waals surface area contributed by atoms with Crippen molar-refractivity contribution in [1.82, 2.24) is 0 Å². The molecule has 0 radical (unpaired) electrons. The predicted molar refractivity (Wildman–Crippen MR) is 110 cm³/mol. The van der Waals surface area contributed by atoms with Gasteiger partial charge in [-0.3, -0.25) is 9.59 Å². The predicted octanol–water partition coefficient (Wildman–Crippen LogP) is 2.65. The lowest BCUT2D eigenvalue weighted by Crippen LogP contribution is -2.28. The van der Waals surface area contributed by atoms with Gasteiger partial charge in [-0.1, -0.05) is 25.1 Å². The summed E-state index contributed by atoms with van der Waals surface area (Å²) in [5.41, 5.74) is 1.63. The number of hydrogen-bond acceptors (Lipinski definition) is 4. The molecule has 1 fully saturated rings. The molecule has 1 saturated heterocycles. The molecule has 1 aliphatic heterocycles. The van der Waals surface area contributed by atoms with Crippen molar-refractivity contribution in [3.8, 4) is 0 Å². The number of carbonyl (C=O) groups is 2. The molecule has 3 N–H and O–H groups in total. The number of carbonyl (C=O) groups excluding carboxylic acids is 2. The number of para-hydroxylation sites is 1. The van der Waals surface area contributed by atoms with Crippen molar-refractivity contribution < 1.29 is 18.0 Å². The van der Waals surface area contributed by atoms with Crippen molar-refractivity contribution in [3.05, 3.63) is 52.5 Å². The van der Waals surface area contributed by atoms with E-state index in [-0.39, 0.29) is 29.7 Å². The van der Waals surface area contributed by atoms with Crippen LogP contribution in [0.1, 0.15) is 18.9 Å². The van der Waals surface area contributed by atoms with Gasteiger partial charge < -0.3 is 10.2 Å². The van der Waals surface area contributed by atoms with Crippen molar-refractivity contribution in [2.45, 2.75) is 24.7 Å². The molecule has 2 aromatic rings.